The van der Waals surface area contributed by atoms with Crippen LogP contribution in [0, 0.1) is 0 Å². The monoisotopic (exact) mass is 366 g/mol. The first-order chi connectivity index (χ1) is 13.2. The van der Waals surface area contributed by atoms with E-state index in [1.807, 2.05) is 48.5 Å². The quantitative estimate of drug-likeness (QED) is 0.282. The van der Waals surface area contributed by atoms with Gasteiger partial charge in [0.2, 0.25) is 0 Å². The maximum absolute atomic E-state index is 11.9. The molecule has 0 radical (unpaired) electrons. The molecule has 0 aliphatic rings. The Balaban J connectivity index is 1.77. The summed E-state index contributed by atoms with van der Waals surface area (Å²) in [4.78, 5) is 11.9. The van der Waals surface area contributed by atoms with Crippen LogP contribution in [-0.4, -0.2) is 25.3 Å². The van der Waals surface area contributed by atoms with Crippen LogP contribution in [-0.2, 0) is 11.2 Å². The van der Waals surface area contributed by atoms with Crippen LogP contribution in [0.3, 0.4) is 0 Å². The minimum absolute atomic E-state index is 0.101. The third-order valence-corrected chi connectivity index (χ3v) is 3.75. The average Bonchev–Trinajstić information content (AvgIpc) is 2.69. The Bertz CT molecular complexity index is 754. The Labute approximate surface area is 160 Å². The number of allylic oxidation sites excluding steroid dienone is 1. The molecule has 1 N–H and O–H groups in total. The fourth-order valence-corrected chi connectivity index (χ4v) is 2.31. The van der Waals surface area contributed by atoms with E-state index in [1.165, 1.54) is 0 Å². The van der Waals surface area contributed by atoms with Crippen molar-refractivity contribution >= 4 is 12.1 Å². The van der Waals surface area contributed by atoms with E-state index >= 15 is 0 Å². The molecule has 5 nitrogen and oxygen atoms in total. The second-order valence-electron chi connectivity index (χ2n) is 5.95. The number of nitrogens with zero attached hydrogens (tertiary/aromatic N) is 1. The third kappa shape index (κ3) is 7.36. The standard InChI is InChI=1S/C22H26N2O3/c1-3-5-15-26-20-13-11-18(12-14-20)16-23-24-22(25)17-27-21-10-7-6-9-19(21)8-4-2/h4,6-7,9-14,16H,2-3,5,8,15,17H2,1H3,(H,24,25)/b23-16-. The molecule has 0 saturated heterocycles. The highest BCUT2D eigenvalue weighted by Gasteiger charge is 2.05. The largest absolute Gasteiger partial charge is 0.494 e. The Morgan fingerprint density at radius 1 is 1.15 bits per heavy atom. The van der Waals surface area contributed by atoms with Crippen LogP contribution >= 0.6 is 0 Å². The van der Waals surface area contributed by atoms with Gasteiger partial charge in [0.25, 0.3) is 5.91 Å². The second-order valence-corrected chi connectivity index (χ2v) is 5.95. The molecule has 142 valence electrons. The highest BCUT2D eigenvalue weighted by atomic mass is 16.5. The predicted octanol–water partition coefficient (Wildman–Crippen LogP) is 4.12. The normalized spacial score (nSPS) is 10.6. The van der Waals surface area contributed by atoms with Crippen molar-refractivity contribution in [2.75, 3.05) is 13.2 Å². The zero-order valence-electron chi connectivity index (χ0n) is 15.7. The van der Waals surface area contributed by atoms with Gasteiger partial charge in [-0.15, -0.1) is 6.58 Å². The van der Waals surface area contributed by atoms with Crippen molar-refractivity contribution in [2.45, 2.75) is 26.2 Å². The molecule has 2 rings (SSSR count). The van der Waals surface area contributed by atoms with Crippen molar-refractivity contribution in [1.82, 2.24) is 5.43 Å². The van der Waals surface area contributed by atoms with E-state index in [0.29, 0.717) is 12.2 Å². The summed E-state index contributed by atoms with van der Waals surface area (Å²) in [7, 11) is 0. The molecule has 0 unspecified atom stereocenters. The van der Waals surface area contributed by atoms with Gasteiger partial charge in [-0.2, -0.15) is 5.10 Å². The van der Waals surface area contributed by atoms with Crippen molar-refractivity contribution < 1.29 is 14.3 Å². The molecule has 1 amide bonds. The van der Waals surface area contributed by atoms with Gasteiger partial charge in [0.05, 0.1) is 12.8 Å². The van der Waals surface area contributed by atoms with Gasteiger partial charge >= 0.3 is 0 Å². The predicted molar refractivity (Wildman–Crippen MR) is 108 cm³/mol. The van der Waals surface area contributed by atoms with Gasteiger partial charge in [-0.25, -0.2) is 5.43 Å². The van der Waals surface area contributed by atoms with Crippen molar-refractivity contribution in [3.63, 3.8) is 0 Å². The molecule has 2 aromatic rings. The van der Waals surface area contributed by atoms with Crippen molar-refractivity contribution in [3.8, 4) is 11.5 Å². The lowest BCUT2D eigenvalue weighted by molar-refractivity contribution is -0.123. The first kappa shape index (κ1) is 20.2. The second kappa shape index (κ2) is 11.5. The molecule has 0 spiro atoms. The van der Waals surface area contributed by atoms with Crippen LogP contribution in [0.4, 0.5) is 0 Å². The number of hydrazone groups is 1. The van der Waals surface area contributed by atoms with E-state index in [0.717, 1.165) is 36.3 Å². The molecule has 5 heteroatoms. The zero-order valence-corrected chi connectivity index (χ0v) is 15.7. The maximum Gasteiger partial charge on any atom is 0.277 e. The maximum atomic E-state index is 11.9. The Morgan fingerprint density at radius 2 is 1.93 bits per heavy atom. The van der Waals surface area contributed by atoms with E-state index in [9.17, 15) is 4.79 Å². The molecule has 0 bridgehead atoms. The molecule has 0 atom stereocenters. The summed E-state index contributed by atoms with van der Waals surface area (Å²) in [6.45, 7) is 6.47. The molecule has 2 aromatic carbocycles. The number of para-hydroxylation sites is 1. The first-order valence-corrected chi connectivity index (χ1v) is 9.09. The molecule has 27 heavy (non-hydrogen) atoms. The summed E-state index contributed by atoms with van der Waals surface area (Å²) < 4.78 is 11.2. The summed E-state index contributed by atoms with van der Waals surface area (Å²) in [5.74, 6) is 1.19. The topological polar surface area (TPSA) is 59.9 Å². The number of nitrogens with one attached hydrogen (secondary N) is 1. The number of unbranched alkanes of at least 4 members (excludes halogenated alkanes) is 1. The lowest BCUT2D eigenvalue weighted by atomic mass is 10.1. The summed E-state index contributed by atoms with van der Waals surface area (Å²) in [5.41, 5.74) is 4.32. The lowest BCUT2D eigenvalue weighted by Gasteiger charge is -2.09. The number of hydrogen-bond acceptors (Lipinski definition) is 4. The van der Waals surface area contributed by atoms with Crippen LogP contribution in [0.25, 0.3) is 0 Å². The first-order valence-electron chi connectivity index (χ1n) is 9.09. The number of rotatable bonds is 11. The SMILES string of the molecule is C=CCc1ccccc1OCC(=O)N/N=C\c1ccc(OCCCC)cc1. The number of hydrogen-bond donors (Lipinski definition) is 1. The molecular formula is C22H26N2O3. The summed E-state index contributed by atoms with van der Waals surface area (Å²) in [5, 5.41) is 3.96. The third-order valence-electron chi connectivity index (χ3n) is 3.75. The highest BCUT2D eigenvalue weighted by molar-refractivity contribution is 5.83. The fraction of sp³-hybridized carbons (Fsp3) is 0.273. The van der Waals surface area contributed by atoms with Crippen LogP contribution in [0.15, 0.2) is 66.3 Å². The summed E-state index contributed by atoms with van der Waals surface area (Å²) >= 11 is 0. The van der Waals surface area contributed by atoms with Crippen molar-refractivity contribution in [1.29, 1.82) is 0 Å². The van der Waals surface area contributed by atoms with Gasteiger partial charge in [-0.05, 0) is 54.3 Å². The number of carbonyl (C=O) groups excluding carboxylic acids is 1. The van der Waals surface area contributed by atoms with Gasteiger partial charge in [-0.1, -0.05) is 37.6 Å². The highest BCUT2D eigenvalue weighted by Crippen LogP contribution is 2.18. The smallest absolute Gasteiger partial charge is 0.277 e. The summed E-state index contributed by atoms with van der Waals surface area (Å²) in [6.07, 6.45) is 6.21. The molecule has 0 aromatic heterocycles. The molecule has 0 fully saturated rings. The summed E-state index contributed by atoms with van der Waals surface area (Å²) in [6, 6.07) is 15.1. The fourth-order valence-electron chi connectivity index (χ4n) is 2.31. The van der Waals surface area contributed by atoms with E-state index in [1.54, 1.807) is 12.3 Å². The molecule has 0 aliphatic heterocycles. The molecule has 0 aliphatic carbocycles. The minimum atomic E-state index is -0.320. The van der Waals surface area contributed by atoms with Crippen LogP contribution in [0.5, 0.6) is 11.5 Å². The molecule has 0 saturated carbocycles. The van der Waals surface area contributed by atoms with Gasteiger partial charge in [0.1, 0.15) is 11.5 Å². The van der Waals surface area contributed by atoms with E-state index in [2.05, 4.69) is 24.0 Å². The average molecular weight is 366 g/mol. The minimum Gasteiger partial charge on any atom is -0.494 e. The molecule has 0 heterocycles. The van der Waals surface area contributed by atoms with Crippen molar-refractivity contribution in [2.24, 2.45) is 5.10 Å². The van der Waals surface area contributed by atoms with Gasteiger partial charge in [0.15, 0.2) is 6.61 Å². The van der Waals surface area contributed by atoms with Crippen LogP contribution < -0.4 is 14.9 Å². The number of amides is 1. The van der Waals surface area contributed by atoms with Gasteiger partial charge in [-0.3, -0.25) is 4.79 Å². The Kier molecular flexibility index (Phi) is 8.63. The Morgan fingerprint density at radius 3 is 2.67 bits per heavy atom. The number of carbonyl (C=O) groups is 1. The van der Waals surface area contributed by atoms with Gasteiger partial charge in [0, 0.05) is 0 Å². The zero-order chi connectivity index (χ0) is 19.3. The lowest BCUT2D eigenvalue weighted by Crippen LogP contribution is -2.24. The Hall–Kier alpha value is -3.08. The van der Waals surface area contributed by atoms with Crippen molar-refractivity contribution in [3.05, 3.63) is 72.3 Å². The van der Waals surface area contributed by atoms with Crippen LogP contribution in [0.1, 0.15) is 30.9 Å². The van der Waals surface area contributed by atoms with Gasteiger partial charge < -0.3 is 9.47 Å². The van der Waals surface area contributed by atoms with E-state index in [4.69, 9.17) is 9.47 Å². The van der Waals surface area contributed by atoms with E-state index in [-0.39, 0.29) is 12.5 Å². The van der Waals surface area contributed by atoms with Crippen LogP contribution in [0.2, 0.25) is 0 Å². The van der Waals surface area contributed by atoms with E-state index < -0.39 is 0 Å². The number of benzene rings is 2. The molecular weight excluding hydrogens is 340 g/mol. The number of ether oxygens (including phenoxy) is 2.